The standard InChI is InChI=1S/C42H31NO/c1-27-38(23-24-40-41(27)35-18-8-10-20-39(35)44-40)43(42(2)25-11-13-28-12-3-9-19-37(28)42)29-21-22-34-32-16-5-4-14-30(32)31-15-6-7-17-33(31)36(34)26-29/h3-26,37H,1-2H3. The molecule has 0 radical (unpaired) electrons. The third-order valence-corrected chi connectivity index (χ3v) is 9.90. The number of benzene rings is 6. The van der Waals surface area contributed by atoms with Crippen molar-refractivity contribution in [2.24, 2.45) is 5.92 Å². The SMILES string of the molecule is Cc1c(N(c2ccc3c4ccccc4c4ccccc4c3c2)C2(C)C=CC=C3C=CC=CC32)ccc2oc3ccccc3c12. The van der Waals surface area contributed by atoms with Crippen LogP contribution in [-0.4, -0.2) is 5.54 Å². The molecule has 2 nitrogen and oxygen atoms in total. The molecule has 6 aromatic carbocycles. The summed E-state index contributed by atoms with van der Waals surface area (Å²) >= 11 is 0. The molecule has 0 saturated carbocycles. The molecule has 9 rings (SSSR count). The van der Waals surface area contributed by atoms with E-state index in [1.807, 2.05) is 6.07 Å². The molecular weight excluding hydrogens is 534 g/mol. The van der Waals surface area contributed by atoms with E-state index >= 15 is 0 Å². The highest BCUT2D eigenvalue weighted by Gasteiger charge is 2.41. The first-order chi connectivity index (χ1) is 21.6. The van der Waals surface area contributed by atoms with E-state index in [4.69, 9.17) is 4.42 Å². The van der Waals surface area contributed by atoms with Crippen molar-refractivity contribution >= 4 is 65.6 Å². The van der Waals surface area contributed by atoms with Gasteiger partial charge in [-0.15, -0.1) is 0 Å². The quantitative estimate of drug-likeness (QED) is 0.198. The lowest BCUT2D eigenvalue weighted by molar-refractivity contribution is 0.467. The van der Waals surface area contributed by atoms with Crippen LogP contribution in [0.15, 0.2) is 156 Å². The first-order valence-corrected chi connectivity index (χ1v) is 15.4. The Bertz CT molecular complexity index is 2400. The zero-order valence-corrected chi connectivity index (χ0v) is 24.8. The number of hydrogen-bond donors (Lipinski definition) is 0. The zero-order valence-electron chi connectivity index (χ0n) is 24.8. The van der Waals surface area contributed by atoms with Gasteiger partial charge in [-0.25, -0.2) is 0 Å². The van der Waals surface area contributed by atoms with Crippen molar-refractivity contribution in [3.8, 4) is 0 Å². The van der Waals surface area contributed by atoms with Crippen molar-refractivity contribution in [1.29, 1.82) is 0 Å². The van der Waals surface area contributed by atoms with Gasteiger partial charge >= 0.3 is 0 Å². The summed E-state index contributed by atoms with van der Waals surface area (Å²) in [5.41, 5.74) is 6.39. The van der Waals surface area contributed by atoms with E-state index in [0.29, 0.717) is 0 Å². The number of hydrogen-bond acceptors (Lipinski definition) is 2. The number of rotatable bonds is 3. The van der Waals surface area contributed by atoms with Crippen molar-refractivity contribution in [3.63, 3.8) is 0 Å². The Balaban J connectivity index is 1.36. The van der Waals surface area contributed by atoms with Gasteiger partial charge in [-0.1, -0.05) is 115 Å². The largest absolute Gasteiger partial charge is 0.456 e. The van der Waals surface area contributed by atoms with Crippen LogP contribution in [0.1, 0.15) is 12.5 Å². The number of furan rings is 1. The van der Waals surface area contributed by atoms with E-state index < -0.39 is 0 Å². The summed E-state index contributed by atoms with van der Waals surface area (Å²) < 4.78 is 6.32. The minimum Gasteiger partial charge on any atom is -0.456 e. The highest BCUT2D eigenvalue weighted by atomic mass is 16.3. The Hall–Kier alpha value is -5.34. The number of aryl methyl sites for hydroxylation is 1. The molecule has 2 unspecified atom stereocenters. The molecule has 0 spiro atoms. The van der Waals surface area contributed by atoms with Gasteiger partial charge in [0.05, 0.1) is 5.54 Å². The molecular formula is C42H31NO. The fourth-order valence-corrected chi connectivity index (χ4v) is 7.85. The van der Waals surface area contributed by atoms with Gasteiger partial charge in [0.2, 0.25) is 0 Å². The topological polar surface area (TPSA) is 16.4 Å². The molecule has 210 valence electrons. The highest BCUT2D eigenvalue weighted by Crippen LogP contribution is 2.48. The average molecular weight is 566 g/mol. The second kappa shape index (κ2) is 9.33. The van der Waals surface area contributed by atoms with E-state index in [0.717, 1.165) is 16.6 Å². The molecule has 1 aromatic heterocycles. The van der Waals surface area contributed by atoms with Crippen LogP contribution < -0.4 is 4.90 Å². The molecule has 0 saturated heterocycles. The molecule has 0 amide bonds. The smallest absolute Gasteiger partial charge is 0.135 e. The molecule has 0 bridgehead atoms. The summed E-state index contributed by atoms with van der Waals surface area (Å²) in [6.07, 6.45) is 15.8. The van der Waals surface area contributed by atoms with Crippen molar-refractivity contribution < 1.29 is 4.42 Å². The average Bonchev–Trinajstić information content (AvgIpc) is 3.46. The molecule has 1 heterocycles. The Labute approximate surface area is 256 Å². The van der Waals surface area contributed by atoms with Crippen molar-refractivity contribution in [2.75, 3.05) is 4.90 Å². The number of fused-ring (bicyclic) bond motifs is 10. The molecule has 0 aliphatic heterocycles. The Morgan fingerprint density at radius 2 is 1.30 bits per heavy atom. The molecule has 2 atom stereocenters. The lowest BCUT2D eigenvalue weighted by Crippen LogP contribution is -2.49. The van der Waals surface area contributed by atoms with Crippen LogP contribution in [0.2, 0.25) is 0 Å². The fourth-order valence-electron chi connectivity index (χ4n) is 7.85. The van der Waals surface area contributed by atoms with Crippen LogP contribution in [0.3, 0.4) is 0 Å². The van der Waals surface area contributed by atoms with Gasteiger partial charge in [0, 0.05) is 28.1 Å². The van der Waals surface area contributed by atoms with Gasteiger partial charge in [-0.2, -0.15) is 0 Å². The molecule has 0 fully saturated rings. The maximum atomic E-state index is 6.32. The fraction of sp³-hybridized carbons (Fsp3) is 0.0952. The van der Waals surface area contributed by atoms with E-state index in [9.17, 15) is 0 Å². The van der Waals surface area contributed by atoms with Crippen LogP contribution in [0.4, 0.5) is 11.4 Å². The normalized spacial score (nSPS) is 19.3. The first-order valence-electron chi connectivity index (χ1n) is 15.4. The highest BCUT2D eigenvalue weighted by molar-refractivity contribution is 6.25. The van der Waals surface area contributed by atoms with Gasteiger partial charge in [0.15, 0.2) is 0 Å². The van der Waals surface area contributed by atoms with E-state index in [2.05, 4.69) is 158 Å². The van der Waals surface area contributed by atoms with Crippen molar-refractivity contribution in [3.05, 3.63) is 157 Å². The maximum Gasteiger partial charge on any atom is 0.135 e. The van der Waals surface area contributed by atoms with Crippen molar-refractivity contribution in [1.82, 2.24) is 0 Å². The monoisotopic (exact) mass is 565 g/mol. The summed E-state index contributed by atoms with van der Waals surface area (Å²) in [7, 11) is 0. The van der Waals surface area contributed by atoms with Gasteiger partial charge in [0.25, 0.3) is 0 Å². The van der Waals surface area contributed by atoms with Crippen LogP contribution in [-0.2, 0) is 0 Å². The molecule has 2 aliphatic carbocycles. The zero-order chi connectivity index (χ0) is 29.4. The molecule has 2 heteroatoms. The summed E-state index contributed by atoms with van der Waals surface area (Å²) in [5, 5.41) is 10.0. The second-order valence-corrected chi connectivity index (χ2v) is 12.3. The summed E-state index contributed by atoms with van der Waals surface area (Å²) in [5.74, 6) is 0.192. The number of anilines is 2. The van der Waals surface area contributed by atoms with E-state index in [-0.39, 0.29) is 11.5 Å². The number of allylic oxidation sites excluding steroid dienone is 5. The maximum absolute atomic E-state index is 6.32. The summed E-state index contributed by atoms with van der Waals surface area (Å²) in [6, 6.07) is 37.5. The van der Waals surface area contributed by atoms with Gasteiger partial charge in [-0.05, 0) is 87.6 Å². The minimum absolute atomic E-state index is 0.192. The van der Waals surface area contributed by atoms with Crippen LogP contribution in [0.25, 0.3) is 54.3 Å². The molecule has 0 N–H and O–H groups in total. The summed E-state index contributed by atoms with van der Waals surface area (Å²) in [4.78, 5) is 2.57. The Morgan fingerprint density at radius 3 is 2.05 bits per heavy atom. The predicted octanol–water partition coefficient (Wildman–Crippen LogP) is 11.5. The van der Waals surface area contributed by atoms with Crippen molar-refractivity contribution in [2.45, 2.75) is 19.4 Å². The molecule has 2 aliphatic rings. The van der Waals surface area contributed by atoms with E-state index in [1.165, 1.54) is 60.2 Å². The molecule has 7 aromatic rings. The van der Waals surface area contributed by atoms with Gasteiger partial charge in [0.1, 0.15) is 11.2 Å². The van der Waals surface area contributed by atoms with E-state index in [1.54, 1.807) is 0 Å². The third kappa shape index (κ3) is 3.48. The number of para-hydroxylation sites is 1. The first kappa shape index (κ1) is 25.2. The van der Waals surface area contributed by atoms with Crippen LogP contribution in [0.5, 0.6) is 0 Å². The van der Waals surface area contributed by atoms with Crippen LogP contribution in [0, 0.1) is 12.8 Å². The Kier molecular flexibility index (Phi) is 5.34. The lowest BCUT2D eigenvalue weighted by Gasteiger charge is -2.48. The number of nitrogens with zero attached hydrogens (tertiary/aromatic N) is 1. The van der Waals surface area contributed by atoms with Gasteiger partial charge < -0.3 is 9.32 Å². The summed E-state index contributed by atoms with van der Waals surface area (Å²) in [6.45, 7) is 4.63. The van der Waals surface area contributed by atoms with Gasteiger partial charge in [-0.3, -0.25) is 0 Å². The second-order valence-electron chi connectivity index (χ2n) is 12.3. The minimum atomic E-state index is -0.357. The Morgan fingerprint density at radius 1 is 0.636 bits per heavy atom. The lowest BCUT2D eigenvalue weighted by atomic mass is 9.73. The van der Waals surface area contributed by atoms with Crippen LogP contribution >= 0.6 is 0 Å². The third-order valence-electron chi connectivity index (χ3n) is 9.90. The predicted molar refractivity (Wildman–Crippen MR) is 187 cm³/mol. The molecule has 44 heavy (non-hydrogen) atoms.